The van der Waals surface area contributed by atoms with E-state index in [0.717, 1.165) is 12.8 Å². The van der Waals surface area contributed by atoms with Gasteiger partial charge in [0.1, 0.15) is 0 Å². The fourth-order valence-corrected chi connectivity index (χ4v) is 3.69. The lowest BCUT2D eigenvalue weighted by atomic mass is 10.3. The summed E-state index contributed by atoms with van der Waals surface area (Å²) >= 11 is 5.79. The molecule has 2 rings (SSSR count). The van der Waals surface area contributed by atoms with Crippen molar-refractivity contribution in [3.8, 4) is 0 Å². The lowest BCUT2D eigenvalue weighted by Gasteiger charge is -2.21. The highest BCUT2D eigenvalue weighted by Gasteiger charge is 2.27. The van der Waals surface area contributed by atoms with Crippen LogP contribution >= 0.6 is 11.6 Å². The molecule has 1 aliphatic heterocycles. The van der Waals surface area contributed by atoms with Crippen LogP contribution in [0.3, 0.4) is 0 Å². The second-order valence-electron chi connectivity index (χ2n) is 4.83. The minimum atomic E-state index is -3.74. The first-order valence-electron chi connectivity index (χ1n) is 6.47. The van der Waals surface area contributed by atoms with Crippen molar-refractivity contribution in [2.75, 3.05) is 13.1 Å². The molecule has 0 saturated carbocycles. The summed E-state index contributed by atoms with van der Waals surface area (Å²) in [7, 11) is -3.74. The molecular formula is C13H17ClN2O3S. The quantitative estimate of drug-likeness (QED) is 0.918. The summed E-state index contributed by atoms with van der Waals surface area (Å²) in [6.07, 6.45) is 1.94. The Morgan fingerprint density at radius 1 is 1.35 bits per heavy atom. The van der Waals surface area contributed by atoms with Gasteiger partial charge in [-0.1, -0.05) is 17.7 Å². The van der Waals surface area contributed by atoms with Crippen LogP contribution in [0.4, 0.5) is 0 Å². The Morgan fingerprint density at radius 2 is 2.00 bits per heavy atom. The van der Waals surface area contributed by atoms with E-state index in [1.54, 1.807) is 24.0 Å². The molecular weight excluding hydrogens is 300 g/mol. The predicted octanol–water partition coefficient (Wildman–Crippen LogP) is 1.63. The first-order chi connectivity index (χ1) is 9.40. The minimum Gasteiger partial charge on any atom is -0.341 e. The molecule has 0 unspecified atom stereocenters. The van der Waals surface area contributed by atoms with Gasteiger partial charge in [-0.25, -0.2) is 8.42 Å². The van der Waals surface area contributed by atoms with E-state index >= 15 is 0 Å². The zero-order valence-corrected chi connectivity index (χ0v) is 12.7. The van der Waals surface area contributed by atoms with Crippen LogP contribution in [0.5, 0.6) is 0 Å². The highest BCUT2D eigenvalue weighted by molar-refractivity contribution is 7.89. The van der Waals surface area contributed by atoms with Crippen LogP contribution in [0.1, 0.15) is 19.8 Å². The molecule has 1 N–H and O–H groups in total. The SMILES string of the molecule is C[C@H](NS(=O)(=O)c1cccc(Cl)c1)C(=O)N1CCCC1. The Kier molecular flexibility index (Phi) is 4.67. The van der Waals surface area contributed by atoms with Gasteiger partial charge in [-0.2, -0.15) is 4.72 Å². The average molecular weight is 317 g/mol. The fraction of sp³-hybridized carbons (Fsp3) is 0.462. The number of sulfonamides is 1. The van der Waals surface area contributed by atoms with Crippen LogP contribution in [0.2, 0.25) is 5.02 Å². The van der Waals surface area contributed by atoms with Crippen LogP contribution in [-0.4, -0.2) is 38.4 Å². The van der Waals surface area contributed by atoms with Gasteiger partial charge in [0, 0.05) is 18.1 Å². The maximum Gasteiger partial charge on any atom is 0.241 e. The lowest BCUT2D eigenvalue weighted by Crippen LogP contribution is -2.45. The summed E-state index contributed by atoms with van der Waals surface area (Å²) in [5.41, 5.74) is 0. The van der Waals surface area contributed by atoms with Gasteiger partial charge >= 0.3 is 0 Å². The summed E-state index contributed by atoms with van der Waals surface area (Å²) in [6, 6.07) is 5.18. The molecule has 1 atom stereocenters. The van der Waals surface area contributed by atoms with Gasteiger partial charge in [0.25, 0.3) is 0 Å². The number of nitrogens with zero attached hydrogens (tertiary/aromatic N) is 1. The molecule has 0 aromatic heterocycles. The van der Waals surface area contributed by atoms with Crippen molar-refractivity contribution in [1.82, 2.24) is 9.62 Å². The maximum atomic E-state index is 12.2. The van der Waals surface area contributed by atoms with Gasteiger partial charge in [0.15, 0.2) is 0 Å². The third-order valence-electron chi connectivity index (χ3n) is 3.23. The highest BCUT2D eigenvalue weighted by atomic mass is 35.5. The number of benzene rings is 1. The molecule has 7 heteroatoms. The van der Waals surface area contributed by atoms with E-state index in [0.29, 0.717) is 18.1 Å². The van der Waals surface area contributed by atoms with Crippen molar-refractivity contribution >= 4 is 27.5 Å². The molecule has 0 bridgehead atoms. The number of carbonyl (C=O) groups excluding carboxylic acids is 1. The summed E-state index contributed by atoms with van der Waals surface area (Å²) in [5.74, 6) is -0.187. The summed E-state index contributed by atoms with van der Waals surface area (Å²) in [6.45, 7) is 2.95. The van der Waals surface area contributed by atoms with E-state index < -0.39 is 16.1 Å². The van der Waals surface area contributed by atoms with Gasteiger partial charge in [0.2, 0.25) is 15.9 Å². The van der Waals surface area contributed by atoms with E-state index in [-0.39, 0.29) is 10.8 Å². The number of amides is 1. The molecule has 1 fully saturated rings. The average Bonchev–Trinajstić information content (AvgIpc) is 2.91. The number of halogens is 1. The van der Waals surface area contributed by atoms with E-state index in [4.69, 9.17) is 11.6 Å². The Bertz CT molecular complexity index is 597. The number of rotatable bonds is 4. The van der Waals surface area contributed by atoms with Crippen molar-refractivity contribution in [3.63, 3.8) is 0 Å². The van der Waals surface area contributed by atoms with E-state index in [1.807, 2.05) is 0 Å². The predicted molar refractivity (Wildman–Crippen MR) is 77.0 cm³/mol. The zero-order valence-electron chi connectivity index (χ0n) is 11.2. The minimum absolute atomic E-state index is 0.0612. The Balaban J connectivity index is 2.09. The van der Waals surface area contributed by atoms with Gasteiger partial charge in [-0.15, -0.1) is 0 Å². The fourth-order valence-electron chi connectivity index (χ4n) is 2.20. The first-order valence-corrected chi connectivity index (χ1v) is 8.33. The van der Waals surface area contributed by atoms with Gasteiger partial charge < -0.3 is 4.90 Å². The van der Waals surface area contributed by atoms with Gasteiger partial charge in [-0.3, -0.25) is 4.79 Å². The number of carbonyl (C=O) groups is 1. The lowest BCUT2D eigenvalue weighted by molar-refractivity contribution is -0.131. The molecule has 20 heavy (non-hydrogen) atoms. The van der Waals surface area contributed by atoms with E-state index in [9.17, 15) is 13.2 Å². The Labute approximate surface area is 124 Å². The normalized spacial score (nSPS) is 17.2. The molecule has 0 radical (unpaired) electrons. The van der Waals surface area contributed by atoms with E-state index in [1.165, 1.54) is 12.1 Å². The van der Waals surface area contributed by atoms with Crippen LogP contribution < -0.4 is 4.72 Å². The van der Waals surface area contributed by atoms with Gasteiger partial charge in [-0.05, 0) is 38.0 Å². The molecule has 1 amide bonds. The summed E-state index contributed by atoms with van der Waals surface area (Å²) in [4.78, 5) is 13.8. The smallest absolute Gasteiger partial charge is 0.241 e. The molecule has 1 aromatic carbocycles. The van der Waals surface area contributed by atoms with Crippen LogP contribution in [0.15, 0.2) is 29.2 Å². The summed E-state index contributed by atoms with van der Waals surface area (Å²) in [5, 5.41) is 0.339. The van der Waals surface area contributed by atoms with Crippen molar-refractivity contribution in [1.29, 1.82) is 0 Å². The first kappa shape index (κ1) is 15.3. The van der Waals surface area contributed by atoms with Crippen molar-refractivity contribution < 1.29 is 13.2 Å². The number of hydrogen-bond acceptors (Lipinski definition) is 3. The van der Waals surface area contributed by atoms with E-state index in [2.05, 4.69) is 4.72 Å². The van der Waals surface area contributed by atoms with Crippen LogP contribution in [0.25, 0.3) is 0 Å². The largest absolute Gasteiger partial charge is 0.341 e. The van der Waals surface area contributed by atoms with Crippen LogP contribution in [0, 0.1) is 0 Å². The van der Waals surface area contributed by atoms with Crippen molar-refractivity contribution in [3.05, 3.63) is 29.3 Å². The zero-order chi connectivity index (χ0) is 14.8. The second kappa shape index (κ2) is 6.11. The molecule has 1 heterocycles. The highest BCUT2D eigenvalue weighted by Crippen LogP contribution is 2.16. The van der Waals surface area contributed by atoms with Crippen LogP contribution in [-0.2, 0) is 14.8 Å². The maximum absolute atomic E-state index is 12.2. The number of hydrogen-bond donors (Lipinski definition) is 1. The molecule has 110 valence electrons. The molecule has 1 aliphatic rings. The third-order valence-corrected chi connectivity index (χ3v) is 5.00. The molecule has 0 spiro atoms. The monoisotopic (exact) mass is 316 g/mol. The molecule has 1 saturated heterocycles. The molecule has 5 nitrogen and oxygen atoms in total. The molecule has 1 aromatic rings. The standard InChI is InChI=1S/C13H17ClN2O3S/c1-10(13(17)16-7-2-3-8-16)15-20(18,19)12-6-4-5-11(14)9-12/h4-6,9-10,15H,2-3,7-8H2,1H3/t10-/m0/s1. The van der Waals surface area contributed by atoms with Gasteiger partial charge in [0.05, 0.1) is 10.9 Å². The second-order valence-corrected chi connectivity index (χ2v) is 6.98. The number of nitrogens with one attached hydrogen (secondary N) is 1. The third kappa shape index (κ3) is 3.50. The Hall–Kier alpha value is -1.11. The topological polar surface area (TPSA) is 66.5 Å². The Morgan fingerprint density at radius 3 is 2.60 bits per heavy atom. The number of likely N-dealkylation sites (tertiary alicyclic amines) is 1. The van der Waals surface area contributed by atoms with Crippen molar-refractivity contribution in [2.45, 2.75) is 30.7 Å². The van der Waals surface area contributed by atoms with Crippen molar-refractivity contribution in [2.24, 2.45) is 0 Å². The molecule has 0 aliphatic carbocycles. The summed E-state index contributed by atoms with van der Waals surface area (Å²) < 4.78 is 26.7.